The van der Waals surface area contributed by atoms with Gasteiger partial charge in [-0.3, -0.25) is 0 Å². The van der Waals surface area contributed by atoms with Crippen LogP contribution in [0.5, 0.6) is 5.75 Å². The van der Waals surface area contributed by atoms with E-state index in [1.807, 2.05) is 0 Å². The Morgan fingerprint density at radius 2 is 1.89 bits per heavy atom. The lowest BCUT2D eigenvalue weighted by Gasteiger charge is -2.13. The molecule has 100 valence electrons. The van der Waals surface area contributed by atoms with E-state index in [-0.39, 0.29) is 0 Å². The van der Waals surface area contributed by atoms with E-state index in [1.165, 1.54) is 12.1 Å². The Kier molecular flexibility index (Phi) is 2.93. The summed E-state index contributed by atoms with van der Waals surface area (Å²) in [6, 6.07) is 4.37. The summed E-state index contributed by atoms with van der Waals surface area (Å²) in [7, 11) is 0. The van der Waals surface area contributed by atoms with Crippen LogP contribution in [0.3, 0.4) is 0 Å². The Hall–Kier alpha value is -2.51. The summed E-state index contributed by atoms with van der Waals surface area (Å²) >= 11 is 0. The number of alkyl halides is 3. The van der Waals surface area contributed by atoms with Crippen LogP contribution < -0.4 is 0 Å². The SMILES string of the molecule is O=C(O)c1c(O)cnn1-c1ccccc1C(F)(F)F. The molecule has 0 aliphatic heterocycles. The Morgan fingerprint density at radius 1 is 1.26 bits per heavy atom. The van der Waals surface area contributed by atoms with Crippen molar-refractivity contribution in [2.45, 2.75) is 6.18 Å². The van der Waals surface area contributed by atoms with E-state index in [4.69, 9.17) is 5.11 Å². The van der Waals surface area contributed by atoms with Crippen LogP contribution in [0.1, 0.15) is 16.1 Å². The van der Waals surface area contributed by atoms with Crippen LogP contribution in [0, 0.1) is 0 Å². The fourth-order valence-corrected chi connectivity index (χ4v) is 1.62. The van der Waals surface area contributed by atoms with Gasteiger partial charge in [0.2, 0.25) is 0 Å². The second-order valence-electron chi connectivity index (χ2n) is 3.61. The maximum Gasteiger partial charge on any atom is 0.418 e. The van der Waals surface area contributed by atoms with Crippen molar-refractivity contribution in [1.29, 1.82) is 0 Å². The molecule has 2 rings (SSSR count). The van der Waals surface area contributed by atoms with Crippen LogP contribution in [-0.2, 0) is 6.18 Å². The third kappa shape index (κ3) is 2.24. The average Bonchev–Trinajstić information content (AvgIpc) is 2.70. The number of benzene rings is 1. The number of nitrogens with zero attached hydrogens (tertiary/aromatic N) is 2. The molecule has 0 atom stereocenters. The number of carboxylic acids is 1. The fraction of sp³-hybridized carbons (Fsp3) is 0.0909. The molecule has 5 nitrogen and oxygen atoms in total. The number of rotatable bonds is 2. The maximum absolute atomic E-state index is 12.8. The van der Waals surface area contributed by atoms with Crippen LogP contribution >= 0.6 is 0 Å². The van der Waals surface area contributed by atoms with Crippen LogP contribution in [0.15, 0.2) is 30.5 Å². The molecule has 0 spiro atoms. The minimum Gasteiger partial charge on any atom is -0.504 e. The highest BCUT2D eigenvalue weighted by Gasteiger charge is 2.35. The van der Waals surface area contributed by atoms with Crippen molar-refractivity contribution in [1.82, 2.24) is 9.78 Å². The lowest BCUT2D eigenvalue weighted by Crippen LogP contribution is -2.15. The van der Waals surface area contributed by atoms with E-state index in [9.17, 15) is 23.1 Å². The van der Waals surface area contributed by atoms with Gasteiger partial charge in [0.25, 0.3) is 0 Å². The van der Waals surface area contributed by atoms with Crippen molar-refractivity contribution in [2.24, 2.45) is 0 Å². The molecular formula is C11H7F3N2O3. The minimum absolute atomic E-state index is 0.465. The third-order valence-electron chi connectivity index (χ3n) is 2.39. The zero-order chi connectivity index (χ0) is 14.2. The zero-order valence-electron chi connectivity index (χ0n) is 9.22. The number of carboxylic acid groups (broad SMARTS) is 1. The summed E-state index contributed by atoms with van der Waals surface area (Å²) in [4.78, 5) is 10.9. The van der Waals surface area contributed by atoms with E-state index < -0.39 is 34.8 Å². The molecule has 1 aromatic heterocycles. The first-order chi connectivity index (χ1) is 8.82. The molecule has 0 radical (unpaired) electrons. The van der Waals surface area contributed by atoms with E-state index in [2.05, 4.69) is 5.10 Å². The van der Waals surface area contributed by atoms with Gasteiger partial charge in [0.15, 0.2) is 11.4 Å². The molecule has 0 aliphatic rings. The first-order valence-electron chi connectivity index (χ1n) is 4.99. The van der Waals surface area contributed by atoms with Crippen LogP contribution in [-0.4, -0.2) is 26.0 Å². The second kappa shape index (κ2) is 4.30. The van der Waals surface area contributed by atoms with Crippen molar-refractivity contribution >= 4 is 5.97 Å². The third-order valence-corrected chi connectivity index (χ3v) is 2.39. The molecular weight excluding hydrogens is 265 g/mol. The van der Waals surface area contributed by atoms with Gasteiger partial charge in [0, 0.05) is 0 Å². The Labute approximate surface area is 104 Å². The Bertz CT molecular complexity index is 634. The molecule has 0 fully saturated rings. The molecule has 2 N–H and O–H groups in total. The molecule has 0 amide bonds. The summed E-state index contributed by atoms with van der Waals surface area (Å²) in [5.41, 5.74) is -2.23. The highest BCUT2D eigenvalue weighted by atomic mass is 19.4. The molecule has 0 saturated heterocycles. The van der Waals surface area contributed by atoms with Crippen molar-refractivity contribution in [3.8, 4) is 11.4 Å². The van der Waals surface area contributed by atoms with E-state index >= 15 is 0 Å². The van der Waals surface area contributed by atoms with Gasteiger partial charge in [-0.25, -0.2) is 9.48 Å². The molecule has 0 aliphatic carbocycles. The highest BCUT2D eigenvalue weighted by Crippen LogP contribution is 2.34. The summed E-state index contributed by atoms with van der Waals surface area (Å²) in [5.74, 6) is -2.28. The van der Waals surface area contributed by atoms with Gasteiger partial charge in [0.05, 0.1) is 17.4 Å². The van der Waals surface area contributed by atoms with Gasteiger partial charge in [-0.2, -0.15) is 18.3 Å². The van der Waals surface area contributed by atoms with Gasteiger partial charge in [-0.1, -0.05) is 12.1 Å². The fourth-order valence-electron chi connectivity index (χ4n) is 1.62. The topological polar surface area (TPSA) is 75.3 Å². The normalized spacial score (nSPS) is 11.5. The maximum atomic E-state index is 12.8. The number of carbonyl (C=O) groups is 1. The van der Waals surface area contributed by atoms with Crippen molar-refractivity contribution in [2.75, 3.05) is 0 Å². The quantitative estimate of drug-likeness (QED) is 0.879. The number of hydrogen-bond donors (Lipinski definition) is 2. The number of halogens is 3. The van der Waals surface area contributed by atoms with E-state index in [0.29, 0.717) is 4.68 Å². The standard InChI is InChI=1S/C11H7F3N2O3/c12-11(13,14)6-3-1-2-4-7(6)16-9(10(18)19)8(17)5-15-16/h1-5,17H,(H,18,19). The van der Waals surface area contributed by atoms with Gasteiger partial charge >= 0.3 is 12.1 Å². The molecule has 1 aromatic carbocycles. The first kappa shape index (κ1) is 12.9. The molecule has 2 aromatic rings. The smallest absolute Gasteiger partial charge is 0.418 e. The molecule has 0 unspecified atom stereocenters. The molecule has 1 heterocycles. The predicted octanol–water partition coefficient (Wildman–Crippen LogP) is 2.29. The van der Waals surface area contributed by atoms with Gasteiger partial charge in [0.1, 0.15) is 0 Å². The number of hydrogen-bond acceptors (Lipinski definition) is 3. The molecule has 0 saturated carbocycles. The van der Waals surface area contributed by atoms with Crippen molar-refractivity contribution in [3.63, 3.8) is 0 Å². The van der Waals surface area contributed by atoms with E-state index in [0.717, 1.165) is 18.3 Å². The van der Waals surface area contributed by atoms with Crippen LogP contribution in [0.25, 0.3) is 5.69 Å². The average molecular weight is 272 g/mol. The monoisotopic (exact) mass is 272 g/mol. The van der Waals surface area contributed by atoms with Crippen molar-refractivity contribution in [3.05, 3.63) is 41.7 Å². The lowest BCUT2D eigenvalue weighted by atomic mass is 10.1. The van der Waals surface area contributed by atoms with Gasteiger partial charge in [-0.05, 0) is 12.1 Å². The van der Waals surface area contributed by atoms with Crippen LogP contribution in [0.4, 0.5) is 13.2 Å². The highest BCUT2D eigenvalue weighted by molar-refractivity contribution is 5.89. The molecule has 8 heteroatoms. The summed E-state index contributed by atoms with van der Waals surface area (Å²) < 4.78 is 39.0. The number of aromatic nitrogens is 2. The Morgan fingerprint density at radius 3 is 2.47 bits per heavy atom. The zero-order valence-corrected chi connectivity index (χ0v) is 9.22. The predicted molar refractivity (Wildman–Crippen MR) is 57.2 cm³/mol. The van der Waals surface area contributed by atoms with Gasteiger partial charge < -0.3 is 10.2 Å². The van der Waals surface area contributed by atoms with E-state index in [1.54, 1.807) is 0 Å². The molecule has 0 bridgehead atoms. The second-order valence-corrected chi connectivity index (χ2v) is 3.61. The van der Waals surface area contributed by atoms with Gasteiger partial charge in [-0.15, -0.1) is 0 Å². The number of para-hydroxylation sites is 1. The summed E-state index contributed by atoms with van der Waals surface area (Å²) in [6.45, 7) is 0. The summed E-state index contributed by atoms with van der Waals surface area (Å²) in [5, 5.41) is 21.7. The Balaban J connectivity index is 2.70. The number of aromatic carboxylic acids is 1. The lowest BCUT2D eigenvalue weighted by molar-refractivity contribution is -0.137. The summed E-state index contributed by atoms with van der Waals surface area (Å²) in [6.07, 6.45) is -3.88. The largest absolute Gasteiger partial charge is 0.504 e. The van der Waals surface area contributed by atoms with Crippen molar-refractivity contribution < 1.29 is 28.2 Å². The molecule has 19 heavy (non-hydrogen) atoms. The minimum atomic E-state index is -4.66. The first-order valence-corrected chi connectivity index (χ1v) is 4.99. The number of aromatic hydroxyl groups is 1. The van der Waals surface area contributed by atoms with Crippen LogP contribution in [0.2, 0.25) is 0 Å².